The summed E-state index contributed by atoms with van der Waals surface area (Å²) >= 11 is 4.48. The first-order chi connectivity index (χ1) is 9.45. The lowest BCUT2D eigenvalue weighted by Crippen LogP contribution is -2.45. The van der Waals surface area contributed by atoms with Gasteiger partial charge in [0.1, 0.15) is 7.85 Å². The Kier molecular flexibility index (Phi) is 8.99. The quantitative estimate of drug-likeness (QED) is 0.282. The molecule has 0 spiro atoms. The van der Waals surface area contributed by atoms with Crippen molar-refractivity contribution >= 4 is 27.4 Å². The lowest BCUT2D eigenvalue weighted by atomic mass is 9.92. The number of nitrogens with one attached hydrogen (secondary N) is 1. The van der Waals surface area contributed by atoms with Crippen LogP contribution in [0.4, 0.5) is 0 Å². The molecule has 0 bridgehead atoms. The Hall–Kier alpha value is 0.645. The molecule has 1 saturated heterocycles. The van der Waals surface area contributed by atoms with Gasteiger partial charge < -0.3 is 18.9 Å². The van der Waals surface area contributed by atoms with Crippen molar-refractivity contribution in [1.29, 1.82) is 0 Å². The molecule has 0 aliphatic carbocycles. The Morgan fingerprint density at radius 1 is 1.40 bits per heavy atom. The van der Waals surface area contributed by atoms with Gasteiger partial charge in [0.2, 0.25) is 0 Å². The van der Waals surface area contributed by atoms with E-state index in [1.165, 1.54) is 0 Å². The zero-order valence-corrected chi connectivity index (χ0v) is 14.8. The summed E-state index contributed by atoms with van der Waals surface area (Å²) in [7, 11) is 3.18. The van der Waals surface area contributed by atoms with E-state index in [2.05, 4.69) is 24.0 Å². The Morgan fingerprint density at radius 3 is 2.65 bits per heavy atom. The molecule has 5 unspecified atom stereocenters. The third-order valence-electron chi connectivity index (χ3n) is 3.13. The molecule has 0 aromatic carbocycles. The Bertz CT molecular complexity index is 276. The number of hydrogen-bond donors (Lipinski definition) is 2. The Balaban J connectivity index is 2.60. The van der Waals surface area contributed by atoms with Crippen LogP contribution >= 0.6 is 19.5 Å². The predicted octanol–water partition coefficient (Wildman–Crippen LogP) is 0.631. The Labute approximate surface area is 129 Å². The summed E-state index contributed by atoms with van der Waals surface area (Å²) in [5.41, 5.74) is 0. The smallest absolute Gasteiger partial charge is 0.142 e. The topological polar surface area (TPSA) is 49.0 Å². The number of hydrogen-bond acceptors (Lipinski definition) is 6. The third-order valence-corrected chi connectivity index (χ3v) is 4.15. The summed E-state index contributed by atoms with van der Waals surface area (Å²) < 4.78 is 22.6. The maximum absolute atomic E-state index is 5.99. The highest BCUT2D eigenvalue weighted by molar-refractivity contribution is 8.44. The SMILES string of the molecule is BC1OC(COC(C)C)C(NP(C)S)C1OCCOC. The average molecular weight is 323 g/mol. The van der Waals surface area contributed by atoms with Crippen molar-refractivity contribution in [2.45, 2.75) is 44.2 Å². The third kappa shape index (κ3) is 6.18. The molecule has 8 heteroatoms. The molecule has 1 fully saturated rings. The summed E-state index contributed by atoms with van der Waals surface area (Å²) in [4.78, 5) is 0. The number of thiol groups is 1. The molecule has 0 amide bonds. The molecular weight excluding hydrogens is 296 g/mol. The van der Waals surface area contributed by atoms with Gasteiger partial charge in [-0.3, -0.25) is 5.09 Å². The predicted molar refractivity (Wildman–Crippen MR) is 88.7 cm³/mol. The van der Waals surface area contributed by atoms with Gasteiger partial charge in [0.25, 0.3) is 0 Å². The normalized spacial score (nSPS) is 31.9. The van der Waals surface area contributed by atoms with Crippen LogP contribution in [-0.4, -0.2) is 71.8 Å². The first kappa shape index (κ1) is 18.7. The van der Waals surface area contributed by atoms with Crippen molar-refractivity contribution < 1.29 is 18.9 Å². The van der Waals surface area contributed by atoms with Gasteiger partial charge in [-0.1, -0.05) is 0 Å². The zero-order chi connectivity index (χ0) is 15.1. The molecule has 1 rings (SSSR count). The van der Waals surface area contributed by atoms with Crippen molar-refractivity contribution in [2.24, 2.45) is 0 Å². The zero-order valence-electron chi connectivity index (χ0n) is 13.0. The van der Waals surface area contributed by atoms with Gasteiger partial charge in [-0.2, -0.15) is 0 Å². The van der Waals surface area contributed by atoms with Crippen molar-refractivity contribution in [3.8, 4) is 0 Å². The van der Waals surface area contributed by atoms with E-state index in [9.17, 15) is 0 Å². The van der Waals surface area contributed by atoms with Gasteiger partial charge in [0, 0.05) is 14.4 Å². The average Bonchev–Trinajstić information content (AvgIpc) is 2.64. The van der Waals surface area contributed by atoms with Gasteiger partial charge in [0.05, 0.1) is 50.2 Å². The second-order valence-electron chi connectivity index (χ2n) is 5.27. The fourth-order valence-corrected chi connectivity index (χ4v) is 3.40. The minimum Gasteiger partial charge on any atom is -0.382 e. The molecule has 1 aliphatic heterocycles. The second kappa shape index (κ2) is 9.62. The standard InChI is InChI=1S/C12H27BNO4PS/c1-8(2)17-7-9-10(14-19(4)20)11(12(13)18-9)16-6-5-15-3/h8-12,14,20H,5-7,13H2,1-4H3. The maximum atomic E-state index is 5.99. The van der Waals surface area contributed by atoms with Crippen LogP contribution in [-0.2, 0) is 18.9 Å². The van der Waals surface area contributed by atoms with Crippen molar-refractivity contribution in [2.75, 3.05) is 33.6 Å². The Morgan fingerprint density at radius 2 is 2.10 bits per heavy atom. The van der Waals surface area contributed by atoms with Crippen molar-refractivity contribution in [3.05, 3.63) is 0 Å². The molecule has 20 heavy (non-hydrogen) atoms. The highest BCUT2D eigenvalue weighted by Gasteiger charge is 2.43. The molecule has 0 aromatic heterocycles. The largest absolute Gasteiger partial charge is 0.382 e. The lowest BCUT2D eigenvalue weighted by molar-refractivity contribution is -0.0272. The molecular formula is C12H27BNO4PS. The number of rotatable bonds is 9. The van der Waals surface area contributed by atoms with Crippen LogP contribution in [0, 0.1) is 0 Å². The van der Waals surface area contributed by atoms with Crippen molar-refractivity contribution in [3.63, 3.8) is 0 Å². The summed E-state index contributed by atoms with van der Waals surface area (Å²) in [6, 6.07) is 0.141. The van der Waals surface area contributed by atoms with E-state index in [1.54, 1.807) is 7.11 Å². The van der Waals surface area contributed by atoms with Crippen LogP contribution in [0.25, 0.3) is 0 Å². The maximum Gasteiger partial charge on any atom is 0.142 e. The van der Waals surface area contributed by atoms with E-state index in [0.717, 1.165) is 0 Å². The van der Waals surface area contributed by atoms with Gasteiger partial charge in [-0.15, -0.1) is 12.2 Å². The van der Waals surface area contributed by atoms with Crippen LogP contribution in [0.2, 0.25) is 0 Å². The van der Waals surface area contributed by atoms with Gasteiger partial charge >= 0.3 is 0 Å². The summed E-state index contributed by atoms with van der Waals surface area (Å²) in [5.74, 6) is 0. The second-order valence-corrected chi connectivity index (χ2v) is 8.37. The van der Waals surface area contributed by atoms with E-state index in [-0.39, 0.29) is 30.4 Å². The van der Waals surface area contributed by atoms with E-state index in [0.29, 0.717) is 19.8 Å². The molecule has 118 valence electrons. The molecule has 1 heterocycles. The summed E-state index contributed by atoms with van der Waals surface area (Å²) in [6.07, 6.45) is 0.196. The summed E-state index contributed by atoms with van der Waals surface area (Å²) in [5, 5.41) is 3.48. The highest BCUT2D eigenvalue weighted by Crippen LogP contribution is 2.35. The van der Waals surface area contributed by atoms with E-state index in [4.69, 9.17) is 18.9 Å². The van der Waals surface area contributed by atoms with Crippen molar-refractivity contribution in [1.82, 2.24) is 5.09 Å². The van der Waals surface area contributed by atoms with E-state index >= 15 is 0 Å². The van der Waals surface area contributed by atoms with E-state index in [1.807, 2.05) is 21.7 Å². The highest BCUT2D eigenvalue weighted by atomic mass is 32.7. The van der Waals surface area contributed by atoms with Crippen LogP contribution in [0.5, 0.6) is 0 Å². The first-order valence-corrected chi connectivity index (χ1v) is 9.96. The fourth-order valence-electron chi connectivity index (χ4n) is 2.25. The molecule has 0 radical (unpaired) electrons. The fraction of sp³-hybridized carbons (Fsp3) is 1.00. The van der Waals surface area contributed by atoms with Gasteiger partial charge in [-0.25, -0.2) is 0 Å². The van der Waals surface area contributed by atoms with E-state index < -0.39 is 7.27 Å². The van der Waals surface area contributed by atoms with Gasteiger partial charge in [-0.05, 0) is 20.5 Å². The minimum absolute atomic E-state index is 0.00274. The molecule has 0 aromatic rings. The first-order valence-electron chi connectivity index (χ1n) is 7.02. The molecule has 5 nitrogen and oxygen atoms in total. The van der Waals surface area contributed by atoms with Gasteiger partial charge in [0.15, 0.2) is 0 Å². The molecule has 0 saturated carbocycles. The monoisotopic (exact) mass is 323 g/mol. The van der Waals surface area contributed by atoms with Crippen LogP contribution in [0.3, 0.4) is 0 Å². The molecule has 1 N–H and O–H groups in total. The summed E-state index contributed by atoms with van der Waals surface area (Å²) in [6.45, 7) is 7.84. The number of ether oxygens (including phenoxy) is 4. The molecule has 1 aliphatic rings. The minimum atomic E-state index is -0.531. The van der Waals surface area contributed by atoms with Crippen LogP contribution < -0.4 is 5.09 Å². The van der Waals surface area contributed by atoms with Crippen LogP contribution in [0.1, 0.15) is 13.8 Å². The molecule has 5 atom stereocenters. The lowest BCUT2D eigenvalue weighted by Gasteiger charge is -2.27. The van der Waals surface area contributed by atoms with Crippen LogP contribution in [0.15, 0.2) is 0 Å². The number of methoxy groups -OCH3 is 1.